The van der Waals surface area contributed by atoms with E-state index in [0.29, 0.717) is 42.3 Å². The zero-order valence-electron chi connectivity index (χ0n) is 23.7. The highest BCUT2D eigenvalue weighted by Crippen LogP contribution is 2.46. The average Bonchev–Trinajstić information content (AvgIpc) is 2.86. The Balaban J connectivity index is 1.60. The lowest BCUT2D eigenvalue weighted by Crippen LogP contribution is -2.38. The number of nitrogens with zero attached hydrogens (tertiary/aromatic N) is 3. The Labute approximate surface area is 233 Å². The average molecular weight is 538 g/mol. The van der Waals surface area contributed by atoms with Crippen LogP contribution in [0.1, 0.15) is 99.0 Å². The van der Waals surface area contributed by atoms with Gasteiger partial charge in [-0.3, -0.25) is 9.79 Å². The number of benzene rings is 1. The zero-order valence-corrected chi connectivity index (χ0v) is 24.4. The quantitative estimate of drug-likeness (QED) is 0.253. The summed E-state index contributed by atoms with van der Waals surface area (Å²) in [5.74, 6) is 1.03. The minimum Gasteiger partial charge on any atom is -0.370 e. The molecule has 2 aromatic rings. The van der Waals surface area contributed by atoms with Crippen LogP contribution in [0.25, 0.3) is 0 Å². The maximum absolute atomic E-state index is 13.8. The first-order valence-corrected chi connectivity index (χ1v) is 14.4. The lowest BCUT2D eigenvalue weighted by molar-refractivity contribution is 0.0685. The normalized spacial score (nSPS) is 21.8. The van der Waals surface area contributed by atoms with E-state index < -0.39 is 0 Å². The van der Waals surface area contributed by atoms with Gasteiger partial charge >= 0.3 is 0 Å². The maximum atomic E-state index is 13.8. The maximum Gasteiger partial charge on any atom is 0.272 e. The minimum atomic E-state index is -0.0631. The largest absolute Gasteiger partial charge is 0.370 e. The smallest absolute Gasteiger partial charge is 0.272 e. The van der Waals surface area contributed by atoms with Crippen molar-refractivity contribution in [3.05, 3.63) is 63.4 Å². The molecule has 2 aliphatic carbocycles. The molecule has 0 bridgehead atoms. The third-order valence-electron chi connectivity index (χ3n) is 8.87. The Hall–Kier alpha value is -2.60. The van der Waals surface area contributed by atoms with E-state index in [1.807, 2.05) is 4.90 Å². The Morgan fingerprint density at radius 1 is 1.03 bits per heavy atom. The fraction of sp³-hybridized carbons (Fsp3) is 0.581. The van der Waals surface area contributed by atoms with E-state index in [1.54, 1.807) is 18.2 Å². The molecule has 0 spiro atoms. The molecule has 0 saturated heterocycles. The lowest BCUT2D eigenvalue weighted by atomic mass is 9.62. The topological polar surface area (TPSA) is 97.6 Å². The fourth-order valence-corrected chi connectivity index (χ4v) is 6.36. The first-order valence-electron chi connectivity index (χ1n) is 14.0. The first kappa shape index (κ1) is 28.4. The van der Waals surface area contributed by atoms with E-state index >= 15 is 0 Å². The fourth-order valence-electron chi connectivity index (χ4n) is 6.19. The number of carbonyl (C=O) groups excluding carboxylic acids is 1. The Bertz CT molecular complexity index is 1190. The van der Waals surface area contributed by atoms with Crippen LogP contribution in [0.2, 0.25) is 5.15 Å². The number of nitrogens with two attached hydrogens (primary N) is 2. The summed E-state index contributed by atoms with van der Waals surface area (Å²) in [4.78, 5) is 24.4. The van der Waals surface area contributed by atoms with Gasteiger partial charge in [0.2, 0.25) is 0 Å². The van der Waals surface area contributed by atoms with Crippen molar-refractivity contribution in [2.24, 2.45) is 28.3 Å². The van der Waals surface area contributed by atoms with Gasteiger partial charge in [-0.2, -0.15) is 0 Å². The molecule has 0 unspecified atom stereocenters. The summed E-state index contributed by atoms with van der Waals surface area (Å²) in [6, 6.07) is 10.0. The van der Waals surface area contributed by atoms with Gasteiger partial charge in [0.1, 0.15) is 10.8 Å². The number of pyridine rings is 1. The molecule has 1 aromatic heterocycles. The molecule has 1 heterocycles. The Morgan fingerprint density at radius 2 is 1.63 bits per heavy atom. The van der Waals surface area contributed by atoms with Crippen LogP contribution >= 0.6 is 11.6 Å². The summed E-state index contributed by atoms with van der Waals surface area (Å²) in [7, 11) is 0. The van der Waals surface area contributed by atoms with Crippen LogP contribution in [0.5, 0.6) is 0 Å². The highest BCUT2D eigenvalue weighted by Gasteiger charge is 2.37. The van der Waals surface area contributed by atoms with E-state index in [0.717, 1.165) is 32.1 Å². The van der Waals surface area contributed by atoms with Crippen molar-refractivity contribution in [1.29, 1.82) is 0 Å². The first-order chi connectivity index (χ1) is 17.9. The molecule has 6 nitrogen and oxygen atoms in total. The summed E-state index contributed by atoms with van der Waals surface area (Å²) in [6.07, 6.45) is 6.60. The molecule has 2 aliphatic rings. The van der Waals surface area contributed by atoms with Gasteiger partial charge in [0, 0.05) is 19.6 Å². The van der Waals surface area contributed by atoms with Crippen molar-refractivity contribution in [2.45, 2.75) is 90.5 Å². The van der Waals surface area contributed by atoms with Gasteiger partial charge in [0.05, 0.1) is 0 Å². The van der Waals surface area contributed by atoms with Crippen LogP contribution in [0.15, 0.2) is 35.3 Å². The number of aryl methyl sites for hydroxylation is 1. The molecule has 0 atom stereocenters. The predicted octanol–water partition coefficient (Wildman–Crippen LogP) is 6.11. The van der Waals surface area contributed by atoms with Crippen LogP contribution in [0, 0.1) is 18.8 Å². The monoisotopic (exact) mass is 537 g/mol. The number of fused-ring (bicyclic) bond motifs is 1. The summed E-state index contributed by atoms with van der Waals surface area (Å²) in [5.41, 5.74) is 17.1. The van der Waals surface area contributed by atoms with Crippen molar-refractivity contribution in [2.75, 3.05) is 13.1 Å². The number of hydrogen-bond donors (Lipinski definition) is 2. The Kier molecular flexibility index (Phi) is 8.41. The van der Waals surface area contributed by atoms with Crippen molar-refractivity contribution in [1.82, 2.24) is 9.88 Å². The molecule has 0 radical (unpaired) electrons. The summed E-state index contributed by atoms with van der Waals surface area (Å²) in [6.45, 7) is 13.5. The highest BCUT2D eigenvalue weighted by atomic mass is 35.5. The lowest BCUT2D eigenvalue weighted by Gasteiger charge is -2.42. The van der Waals surface area contributed by atoms with Gasteiger partial charge < -0.3 is 16.4 Å². The second-order valence-electron chi connectivity index (χ2n) is 12.8. The summed E-state index contributed by atoms with van der Waals surface area (Å²) in [5, 5.41) is 0.338. The summed E-state index contributed by atoms with van der Waals surface area (Å²) >= 11 is 6.17. The number of carbonyl (C=O) groups is 1. The zero-order chi connectivity index (χ0) is 27.7. The molecule has 1 aromatic carbocycles. The van der Waals surface area contributed by atoms with E-state index in [1.165, 1.54) is 28.7 Å². The van der Waals surface area contributed by atoms with Gasteiger partial charge in [-0.15, -0.1) is 0 Å². The third-order valence-corrected chi connectivity index (χ3v) is 9.08. The molecular weight excluding hydrogens is 494 g/mol. The number of halogens is 1. The van der Waals surface area contributed by atoms with Crippen molar-refractivity contribution >= 4 is 23.5 Å². The van der Waals surface area contributed by atoms with E-state index in [-0.39, 0.29) is 22.7 Å². The van der Waals surface area contributed by atoms with Gasteiger partial charge in [-0.25, -0.2) is 4.98 Å². The second-order valence-corrected chi connectivity index (χ2v) is 13.2. The molecule has 4 rings (SSSR count). The van der Waals surface area contributed by atoms with Crippen LogP contribution in [0.4, 0.5) is 0 Å². The molecule has 0 aliphatic heterocycles. The molecule has 1 fully saturated rings. The molecule has 4 N–H and O–H groups in total. The molecule has 1 saturated carbocycles. The second kappa shape index (κ2) is 11.3. The standard InChI is InChI=1S/C31H44ClN5O/c1-20-15-24-25(31(4,5)14-13-30(24,2)3)16-23(20)19-37(28(38)26-7-6-8-27(32)36-26)18-22-11-9-21(10-12-22)17-35-29(33)34/h6-8,15-16,21-22H,9-14,17-19H2,1-5H3,(H4,33,34,35). The van der Waals surface area contributed by atoms with Crippen molar-refractivity contribution in [3.8, 4) is 0 Å². The van der Waals surface area contributed by atoms with Crippen LogP contribution in [0.3, 0.4) is 0 Å². The van der Waals surface area contributed by atoms with Gasteiger partial charge in [0.15, 0.2) is 5.96 Å². The van der Waals surface area contributed by atoms with Gasteiger partial charge in [-0.1, -0.05) is 57.5 Å². The molecular formula is C31H44ClN5O. The third kappa shape index (κ3) is 6.51. The molecule has 7 heteroatoms. The molecule has 206 valence electrons. The van der Waals surface area contributed by atoms with Crippen molar-refractivity contribution < 1.29 is 4.79 Å². The molecule has 38 heavy (non-hydrogen) atoms. The van der Waals surface area contributed by atoms with E-state index in [9.17, 15) is 4.79 Å². The SMILES string of the molecule is Cc1cc2c(cc1CN(CC1CCC(CN=C(N)N)CC1)C(=O)c1cccc(Cl)n1)C(C)(C)CCC2(C)C. The van der Waals surface area contributed by atoms with Crippen LogP contribution < -0.4 is 11.5 Å². The van der Waals surface area contributed by atoms with Crippen LogP contribution in [-0.4, -0.2) is 34.8 Å². The summed E-state index contributed by atoms with van der Waals surface area (Å²) < 4.78 is 0. The number of guanidine groups is 1. The number of aromatic nitrogens is 1. The van der Waals surface area contributed by atoms with Gasteiger partial charge in [-0.05, 0) is 103 Å². The van der Waals surface area contributed by atoms with Gasteiger partial charge in [0.25, 0.3) is 5.91 Å². The number of amides is 1. The highest BCUT2D eigenvalue weighted by molar-refractivity contribution is 6.29. The van der Waals surface area contributed by atoms with Crippen LogP contribution in [-0.2, 0) is 17.4 Å². The predicted molar refractivity (Wildman–Crippen MR) is 157 cm³/mol. The van der Waals surface area contributed by atoms with E-state index in [4.69, 9.17) is 23.1 Å². The van der Waals surface area contributed by atoms with Crippen molar-refractivity contribution in [3.63, 3.8) is 0 Å². The van der Waals surface area contributed by atoms with E-state index in [2.05, 4.69) is 56.7 Å². The Morgan fingerprint density at radius 3 is 2.24 bits per heavy atom. The number of rotatable bonds is 7. The molecule has 1 amide bonds. The number of hydrogen-bond acceptors (Lipinski definition) is 3. The number of aliphatic imine (C=N–C) groups is 1. The minimum absolute atomic E-state index is 0.0631.